The third-order valence-corrected chi connectivity index (χ3v) is 1.99. The predicted molar refractivity (Wildman–Crippen MR) is 53.0 cm³/mol. The highest BCUT2D eigenvalue weighted by Crippen LogP contribution is 2.02. The first-order chi connectivity index (χ1) is 5.35. The van der Waals surface area contributed by atoms with E-state index in [1.54, 1.807) is 0 Å². The molecule has 0 saturated carbocycles. The summed E-state index contributed by atoms with van der Waals surface area (Å²) in [5.41, 5.74) is 2.79. The minimum absolute atomic E-state index is 0.416. The van der Waals surface area contributed by atoms with Gasteiger partial charge in [0.25, 0.3) is 0 Å². The summed E-state index contributed by atoms with van der Waals surface area (Å²) < 4.78 is 0. The maximum Gasteiger partial charge on any atom is 0.0338 e. The molecule has 0 aliphatic rings. The van der Waals surface area contributed by atoms with E-state index >= 15 is 0 Å². The molecule has 0 spiro atoms. The Morgan fingerprint density at radius 1 is 1.45 bits per heavy atom. The van der Waals surface area contributed by atoms with Gasteiger partial charge in [-0.3, -0.25) is 16.4 Å². The van der Waals surface area contributed by atoms with Gasteiger partial charge in [0.15, 0.2) is 0 Å². The fourth-order valence-corrected chi connectivity index (χ4v) is 1.31. The minimum Gasteiger partial charge on any atom is -0.299 e. The summed E-state index contributed by atoms with van der Waals surface area (Å²) in [6, 6.07) is 0.416. The van der Waals surface area contributed by atoms with Crippen molar-refractivity contribution in [3.05, 3.63) is 0 Å². The Morgan fingerprint density at radius 3 is 2.64 bits per heavy atom. The van der Waals surface area contributed by atoms with Crippen molar-refractivity contribution in [2.75, 3.05) is 6.54 Å². The molecule has 0 aromatic rings. The fourth-order valence-electron chi connectivity index (χ4n) is 1.03. The zero-order valence-electron chi connectivity index (χ0n) is 7.27. The third-order valence-electron chi connectivity index (χ3n) is 1.76. The Bertz CT molecular complexity index is 80.1. The van der Waals surface area contributed by atoms with Crippen LogP contribution < -0.4 is 16.4 Å². The van der Waals surface area contributed by atoms with Crippen LogP contribution in [0, 0.1) is 0 Å². The number of hydrogen-bond donors (Lipinski definition) is 3. The van der Waals surface area contributed by atoms with E-state index in [9.17, 15) is 0 Å². The smallest absolute Gasteiger partial charge is 0.0338 e. The maximum absolute atomic E-state index is 5.34. The molecular formula is C7H20N3P. The number of hydrogen-bond acceptors (Lipinski definition) is 3. The van der Waals surface area contributed by atoms with Crippen molar-refractivity contribution in [1.29, 1.82) is 0 Å². The third kappa shape index (κ3) is 6.70. The molecule has 0 aromatic carbocycles. The summed E-state index contributed by atoms with van der Waals surface area (Å²) in [6.07, 6.45) is 4.99. The van der Waals surface area contributed by atoms with Gasteiger partial charge < -0.3 is 0 Å². The van der Waals surface area contributed by atoms with Gasteiger partial charge in [0.1, 0.15) is 0 Å². The van der Waals surface area contributed by atoms with Gasteiger partial charge >= 0.3 is 0 Å². The molecule has 0 rings (SSSR count). The lowest BCUT2D eigenvalue weighted by Crippen LogP contribution is -2.40. The molecular weight excluding hydrogens is 157 g/mol. The zero-order chi connectivity index (χ0) is 8.53. The lowest BCUT2D eigenvalue weighted by Gasteiger charge is -2.14. The van der Waals surface area contributed by atoms with Crippen molar-refractivity contribution in [2.24, 2.45) is 5.84 Å². The Morgan fingerprint density at radius 2 is 2.18 bits per heavy atom. The molecule has 0 saturated heterocycles. The monoisotopic (exact) mass is 177 g/mol. The minimum atomic E-state index is 0.416. The molecule has 0 heterocycles. The Kier molecular flexibility index (Phi) is 8.64. The lowest BCUT2D eigenvalue weighted by atomic mass is 10.1. The second-order valence-corrected chi connectivity index (χ2v) is 3.18. The van der Waals surface area contributed by atoms with Crippen LogP contribution in [-0.4, -0.2) is 12.6 Å². The molecule has 0 aromatic heterocycles. The molecule has 0 aliphatic heterocycles. The van der Waals surface area contributed by atoms with Crippen molar-refractivity contribution in [3.8, 4) is 0 Å². The molecule has 4 heteroatoms. The topological polar surface area (TPSA) is 50.1 Å². The molecule has 0 radical (unpaired) electrons. The van der Waals surface area contributed by atoms with Crippen LogP contribution in [0.2, 0.25) is 0 Å². The number of nitrogens with one attached hydrogen (secondary N) is 2. The Hall–Kier alpha value is 0.310. The van der Waals surface area contributed by atoms with Gasteiger partial charge in [-0.25, -0.2) is 0 Å². The van der Waals surface area contributed by atoms with E-state index in [2.05, 4.69) is 26.8 Å². The largest absolute Gasteiger partial charge is 0.299 e. The first-order valence-corrected chi connectivity index (χ1v) is 4.82. The van der Waals surface area contributed by atoms with Crippen molar-refractivity contribution in [2.45, 2.75) is 38.6 Å². The van der Waals surface area contributed by atoms with Gasteiger partial charge in [0.05, 0.1) is 0 Å². The number of rotatable bonds is 7. The molecule has 0 amide bonds. The van der Waals surface area contributed by atoms with Crippen LogP contribution in [0.25, 0.3) is 0 Å². The van der Waals surface area contributed by atoms with E-state index in [4.69, 9.17) is 5.84 Å². The molecule has 0 aliphatic carbocycles. The van der Waals surface area contributed by atoms with Gasteiger partial charge in [0, 0.05) is 12.6 Å². The average molecular weight is 177 g/mol. The van der Waals surface area contributed by atoms with Gasteiger partial charge in [-0.15, -0.1) is 0 Å². The number of unbranched alkanes of at least 4 members (excludes halogenated alkanes) is 2. The van der Waals surface area contributed by atoms with E-state index in [1.807, 2.05) is 0 Å². The second kappa shape index (κ2) is 8.41. The fraction of sp³-hybridized carbons (Fsp3) is 1.00. The summed E-state index contributed by atoms with van der Waals surface area (Å²) in [4.78, 5) is 0. The van der Waals surface area contributed by atoms with Crippen LogP contribution in [0.5, 0.6) is 0 Å². The van der Waals surface area contributed by atoms with Gasteiger partial charge in [-0.2, -0.15) is 0 Å². The molecule has 4 N–H and O–H groups in total. The molecule has 2 atom stereocenters. The Labute approximate surface area is 71.7 Å². The van der Waals surface area contributed by atoms with Crippen molar-refractivity contribution < 1.29 is 0 Å². The van der Waals surface area contributed by atoms with Crippen molar-refractivity contribution >= 4 is 9.39 Å². The van der Waals surface area contributed by atoms with Crippen molar-refractivity contribution in [1.82, 2.24) is 10.5 Å². The standard InChI is InChI=1S/C7H20N3P/c1-2-3-4-5-7(10-8)6-9-11/h7,9-10H,2-6,8,11H2,1H3. The molecule has 11 heavy (non-hydrogen) atoms. The summed E-state index contributed by atoms with van der Waals surface area (Å²) in [5, 5.41) is 3.02. The van der Waals surface area contributed by atoms with Gasteiger partial charge in [-0.1, -0.05) is 35.6 Å². The lowest BCUT2D eigenvalue weighted by molar-refractivity contribution is 0.468. The van der Waals surface area contributed by atoms with Crippen LogP contribution in [0.1, 0.15) is 32.6 Å². The van der Waals surface area contributed by atoms with Crippen LogP contribution in [-0.2, 0) is 0 Å². The molecule has 68 valence electrons. The Balaban J connectivity index is 3.20. The zero-order valence-corrected chi connectivity index (χ0v) is 8.42. The highest BCUT2D eigenvalue weighted by molar-refractivity contribution is 7.13. The van der Waals surface area contributed by atoms with E-state index < -0.39 is 0 Å². The summed E-state index contributed by atoms with van der Waals surface area (Å²) >= 11 is 0. The molecule has 0 bridgehead atoms. The first kappa shape index (κ1) is 11.3. The summed E-state index contributed by atoms with van der Waals surface area (Å²) in [5.74, 6) is 5.34. The van der Waals surface area contributed by atoms with Gasteiger partial charge in [-0.05, 0) is 6.42 Å². The quantitative estimate of drug-likeness (QED) is 0.233. The SMILES string of the molecule is CCCCCC(CNP)NN. The van der Waals surface area contributed by atoms with Crippen LogP contribution in [0.15, 0.2) is 0 Å². The average Bonchev–Trinajstić information content (AvgIpc) is 2.03. The van der Waals surface area contributed by atoms with Crippen LogP contribution in [0.3, 0.4) is 0 Å². The molecule has 2 unspecified atom stereocenters. The number of hydrazine groups is 1. The first-order valence-electron chi connectivity index (χ1n) is 4.24. The summed E-state index contributed by atoms with van der Waals surface area (Å²) in [7, 11) is 2.48. The van der Waals surface area contributed by atoms with E-state index in [-0.39, 0.29) is 0 Å². The van der Waals surface area contributed by atoms with Gasteiger partial charge in [0.2, 0.25) is 0 Å². The normalized spacial score (nSPS) is 13.4. The van der Waals surface area contributed by atoms with Crippen molar-refractivity contribution in [3.63, 3.8) is 0 Å². The van der Waals surface area contributed by atoms with Crippen LogP contribution in [0.4, 0.5) is 0 Å². The van der Waals surface area contributed by atoms with E-state index in [1.165, 1.54) is 19.3 Å². The van der Waals surface area contributed by atoms with E-state index in [0.717, 1.165) is 13.0 Å². The highest BCUT2D eigenvalue weighted by Gasteiger charge is 2.02. The number of nitrogens with two attached hydrogens (primary N) is 1. The second-order valence-electron chi connectivity index (χ2n) is 2.77. The molecule has 3 nitrogen and oxygen atoms in total. The summed E-state index contributed by atoms with van der Waals surface area (Å²) in [6.45, 7) is 3.13. The maximum atomic E-state index is 5.34. The highest BCUT2D eigenvalue weighted by atomic mass is 31.0. The van der Waals surface area contributed by atoms with Crippen LogP contribution >= 0.6 is 9.39 Å². The predicted octanol–water partition coefficient (Wildman–Crippen LogP) is 0.778. The van der Waals surface area contributed by atoms with E-state index in [0.29, 0.717) is 6.04 Å². The molecule has 0 fully saturated rings.